The van der Waals surface area contributed by atoms with E-state index in [0.717, 1.165) is 33.3 Å². The molecule has 5 rings (SSSR count). The van der Waals surface area contributed by atoms with Gasteiger partial charge >= 0.3 is 5.97 Å². The molecule has 1 amide bonds. The number of aromatic nitrogens is 1. The van der Waals surface area contributed by atoms with Gasteiger partial charge in [-0.05, 0) is 78.1 Å². The molecule has 0 radical (unpaired) electrons. The molecule has 0 spiro atoms. The van der Waals surface area contributed by atoms with Crippen LogP contribution in [0, 0.1) is 0 Å². The Balaban J connectivity index is 1.43. The van der Waals surface area contributed by atoms with E-state index in [2.05, 4.69) is 0 Å². The van der Waals surface area contributed by atoms with E-state index >= 15 is 0 Å². The van der Waals surface area contributed by atoms with Crippen molar-refractivity contribution in [2.24, 2.45) is 0 Å². The quantitative estimate of drug-likeness (QED) is 0.202. The second-order valence-electron chi connectivity index (χ2n) is 9.49. The number of carbonyl (C=O) groups is 2. The molecule has 3 aromatic carbocycles. The van der Waals surface area contributed by atoms with E-state index in [1.165, 1.54) is 6.26 Å². The lowest BCUT2D eigenvalue weighted by atomic mass is 9.94. The summed E-state index contributed by atoms with van der Waals surface area (Å²) >= 11 is 6.14. The maximum absolute atomic E-state index is 13.2. The van der Waals surface area contributed by atoms with Gasteiger partial charge in [0.1, 0.15) is 0 Å². The van der Waals surface area contributed by atoms with Gasteiger partial charge in [0.2, 0.25) is 0 Å². The Bertz CT molecular complexity index is 1690. The maximum Gasteiger partial charge on any atom is 0.335 e. The van der Waals surface area contributed by atoms with Crippen LogP contribution in [0.3, 0.4) is 0 Å². The van der Waals surface area contributed by atoms with Crippen LogP contribution in [-0.4, -0.2) is 33.9 Å². The summed E-state index contributed by atoms with van der Waals surface area (Å²) in [4.78, 5) is 31.3. The Hall–Kier alpha value is -4.68. The Kier molecular flexibility index (Phi) is 8.08. The standard InChI is InChI=1S/C33H27ClN2O4/c1-36(32(37)31-10-5-19-40-31)30(18-14-23-7-2-3-9-28(23)33(38)39)25-8-4-6-22(20-25)11-16-27-17-13-24-12-15-26(34)21-29(24)35-27/h2-13,15-17,19-21,30H,14,18H2,1H3,(H,38,39)/b16-11+. The lowest BCUT2D eigenvalue weighted by Gasteiger charge is -2.28. The number of amides is 1. The van der Waals surface area contributed by atoms with Gasteiger partial charge < -0.3 is 14.4 Å². The number of benzene rings is 3. The number of fused-ring (bicyclic) bond motifs is 1. The molecule has 0 aliphatic rings. The Morgan fingerprint density at radius 1 is 0.975 bits per heavy atom. The molecule has 5 aromatic rings. The molecule has 0 bridgehead atoms. The molecule has 7 heteroatoms. The minimum absolute atomic E-state index is 0.247. The highest BCUT2D eigenvalue weighted by Crippen LogP contribution is 2.29. The number of aromatic carboxylic acids is 1. The van der Waals surface area contributed by atoms with Gasteiger partial charge in [0.25, 0.3) is 5.91 Å². The van der Waals surface area contributed by atoms with E-state index < -0.39 is 5.97 Å². The van der Waals surface area contributed by atoms with E-state index in [1.807, 2.05) is 78.9 Å². The fraction of sp³-hybridized carbons (Fsp3) is 0.121. The number of pyridine rings is 1. The molecule has 0 saturated carbocycles. The van der Waals surface area contributed by atoms with Gasteiger partial charge in [-0.1, -0.05) is 66.2 Å². The van der Waals surface area contributed by atoms with Crippen molar-refractivity contribution in [2.45, 2.75) is 18.9 Å². The van der Waals surface area contributed by atoms with Crippen LogP contribution in [-0.2, 0) is 6.42 Å². The largest absolute Gasteiger partial charge is 0.478 e. The number of carboxylic acids is 1. The molecule has 1 N–H and O–H groups in total. The van der Waals surface area contributed by atoms with Crippen LogP contribution in [0.4, 0.5) is 0 Å². The third-order valence-electron chi connectivity index (χ3n) is 6.87. The van der Waals surface area contributed by atoms with Gasteiger partial charge in [-0.2, -0.15) is 0 Å². The van der Waals surface area contributed by atoms with Crippen molar-refractivity contribution < 1.29 is 19.1 Å². The zero-order valence-electron chi connectivity index (χ0n) is 21.8. The lowest BCUT2D eigenvalue weighted by molar-refractivity contribution is 0.0678. The minimum Gasteiger partial charge on any atom is -0.478 e. The maximum atomic E-state index is 13.2. The lowest BCUT2D eigenvalue weighted by Crippen LogP contribution is -2.31. The normalized spacial score (nSPS) is 12.1. The highest BCUT2D eigenvalue weighted by atomic mass is 35.5. The number of carboxylic acid groups (broad SMARTS) is 1. The smallest absolute Gasteiger partial charge is 0.335 e. The SMILES string of the molecule is CN(C(=O)c1ccco1)C(CCc1ccccc1C(=O)O)c1cccc(/C=C/c2ccc3ccc(Cl)cc3n2)c1. The minimum atomic E-state index is -0.969. The predicted octanol–water partition coefficient (Wildman–Crippen LogP) is 7.80. The highest BCUT2D eigenvalue weighted by molar-refractivity contribution is 6.31. The first kappa shape index (κ1) is 26.9. The Morgan fingerprint density at radius 3 is 2.60 bits per heavy atom. The molecule has 6 nitrogen and oxygen atoms in total. The summed E-state index contributed by atoms with van der Waals surface area (Å²) in [6.07, 6.45) is 6.39. The summed E-state index contributed by atoms with van der Waals surface area (Å²) in [6.45, 7) is 0. The number of furan rings is 1. The summed E-state index contributed by atoms with van der Waals surface area (Å²) in [5.41, 5.74) is 4.48. The van der Waals surface area contributed by atoms with Crippen LogP contribution < -0.4 is 0 Å². The third kappa shape index (κ3) is 6.14. The summed E-state index contributed by atoms with van der Waals surface area (Å²) in [6, 6.07) is 27.5. The zero-order valence-corrected chi connectivity index (χ0v) is 22.6. The van der Waals surface area contributed by atoms with Gasteiger partial charge in [-0.3, -0.25) is 4.79 Å². The number of halogens is 1. The highest BCUT2D eigenvalue weighted by Gasteiger charge is 2.25. The van der Waals surface area contributed by atoms with Crippen molar-refractivity contribution in [1.82, 2.24) is 9.88 Å². The molecule has 1 unspecified atom stereocenters. The number of aryl methyl sites for hydroxylation is 1. The van der Waals surface area contributed by atoms with Crippen molar-refractivity contribution in [3.63, 3.8) is 0 Å². The van der Waals surface area contributed by atoms with Gasteiger partial charge in [0.05, 0.1) is 29.1 Å². The van der Waals surface area contributed by atoms with Crippen molar-refractivity contribution in [1.29, 1.82) is 0 Å². The van der Waals surface area contributed by atoms with Crippen LogP contribution in [0.2, 0.25) is 5.02 Å². The van der Waals surface area contributed by atoms with Crippen LogP contribution in [0.15, 0.2) is 102 Å². The van der Waals surface area contributed by atoms with Crippen LogP contribution in [0.25, 0.3) is 23.1 Å². The first-order chi connectivity index (χ1) is 19.4. The van der Waals surface area contributed by atoms with Gasteiger partial charge in [0, 0.05) is 17.5 Å². The summed E-state index contributed by atoms with van der Waals surface area (Å²) < 4.78 is 5.37. The topological polar surface area (TPSA) is 83.6 Å². The molecular weight excluding hydrogens is 524 g/mol. The zero-order chi connectivity index (χ0) is 28.1. The van der Waals surface area contributed by atoms with Crippen LogP contribution >= 0.6 is 11.6 Å². The number of nitrogens with zero attached hydrogens (tertiary/aromatic N) is 2. The van der Waals surface area contributed by atoms with Crippen LogP contribution in [0.5, 0.6) is 0 Å². The molecule has 0 fully saturated rings. The van der Waals surface area contributed by atoms with E-state index in [-0.39, 0.29) is 23.3 Å². The van der Waals surface area contributed by atoms with Crippen molar-refractivity contribution in [3.8, 4) is 0 Å². The second kappa shape index (κ2) is 12.0. The van der Waals surface area contributed by atoms with E-state index in [9.17, 15) is 14.7 Å². The average molecular weight is 551 g/mol. The molecule has 200 valence electrons. The van der Waals surface area contributed by atoms with Crippen molar-refractivity contribution in [2.75, 3.05) is 7.05 Å². The van der Waals surface area contributed by atoms with Gasteiger partial charge in [-0.25, -0.2) is 9.78 Å². The number of carbonyl (C=O) groups excluding carboxylic acids is 1. The van der Waals surface area contributed by atoms with Gasteiger partial charge in [-0.15, -0.1) is 0 Å². The fourth-order valence-electron chi connectivity index (χ4n) is 4.79. The second-order valence-corrected chi connectivity index (χ2v) is 9.92. The molecule has 2 aromatic heterocycles. The molecule has 0 saturated heterocycles. The molecule has 0 aliphatic heterocycles. The van der Waals surface area contributed by atoms with Crippen LogP contribution in [0.1, 0.15) is 55.8 Å². The van der Waals surface area contributed by atoms with Crippen molar-refractivity contribution >= 4 is 46.5 Å². The average Bonchev–Trinajstić information content (AvgIpc) is 3.51. The molecule has 2 heterocycles. The predicted molar refractivity (Wildman–Crippen MR) is 157 cm³/mol. The number of hydrogen-bond acceptors (Lipinski definition) is 4. The monoisotopic (exact) mass is 550 g/mol. The Labute approximate surface area is 237 Å². The van der Waals surface area contributed by atoms with E-state index in [1.54, 1.807) is 36.2 Å². The fourth-order valence-corrected chi connectivity index (χ4v) is 4.96. The molecule has 40 heavy (non-hydrogen) atoms. The molecule has 1 atom stereocenters. The van der Waals surface area contributed by atoms with Crippen molar-refractivity contribution in [3.05, 3.63) is 136 Å². The third-order valence-corrected chi connectivity index (χ3v) is 7.11. The summed E-state index contributed by atoms with van der Waals surface area (Å²) in [5, 5.41) is 11.3. The number of rotatable bonds is 9. The molecule has 0 aliphatic carbocycles. The number of hydrogen-bond donors (Lipinski definition) is 1. The first-order valence-corrected chi connectivity index (χ1v) is 13.2. The van der Waals surface area contributed by atoms with E-state index in [0.29, 0.717) is 17.9 Å². The molecular formula is C33H27ClN2O4. The first-order valence-electron chi connectivity index (χ1n) is 12.9. The summed E-state index contributed by atoms with van der Waals surface area (Å²) in [7, 11) is 1.74. The van der Waals surface area contributed by atoms with E-state index in [4.69, 9.17) is 21.0 Å². The summed E-state index contributed by atoms with van der Waals surface area (Å²) in [5.74, 6) is -0.970. The Morgan fingerprint density at radius 2 is 1.80 bits per heavy atom. The van der Waals surface area contributed by atoms with Gasteiger partial charge in [0.15, 0.2) is 5.76 Å².